The third-order valence-electron chi connectivity index (χ3n) is 6.31. The molecule has 2 aliphatic carbocycles. The largest absolute Gasteiger partial charge is 0.507 e. The summed E-state index contributed by atoms with van der Waals surface area (Å²) in [6, 6.07) is 5.84. The van der Waals surface area contributed by atoms with Gasteiger partial charge in [-0.15, -0.1) is 0 Å². The van der Waals surface area contributed by atoms with E-state index in [9.17, 15) is 9.90 Å². The quantitative estimate of drug-likeness (QED) is 0.605. The van der Waals surface area contributed by atoms with E-state index in [1.54, 1.807) is 0 Å². The minimum atomic E-state index is -0.820. The highest BCUT2D eigenvalue weighted by Gasteiger charge is 2.29. The van der Waals surface area contributed by atoms with E-state index in [4.69, 9.17) is 5.11 Å². The van der Waals surface area contributed by atoms with Crippen LogP contribution in [0.5, 0.6) is 5.75 Å². The Hall–Kier alpha value is -1.77. The summed E-state index contributed by atoms with van der Waals surface area (Å²) >= 11 is 0. The Labute approximate surface area is 157 Å². The second kappa shape index (κ2) is 9.25. The van der Waals surface area contributed by atoms with Crippen molar-refractivity contribution in [3.63, 3.8) is 0 Å². The van der Waals surface area contributed by atoms with Crippen LogP contribution in [0, 0.1) is 11.8 Å². The number of carboxylic acid groups (broad SMARTS) is 1. The van der Waals surface area contributed by atoms with Gasteiger partial charge in [-0.3, -0.25) is 4.79 Å². The summed E-state index contributed by atoms with van der Waals surface area (Å²) in [5, 5.41) is 19.6. The van der Waals surface area contributed by atoms with E-state index in [-0.39, 0.29) is 6.42 Å². The number of hydrogen-bond donors (Lipinski definition) is 2. The number of aliphatic carboxylic acids is 1. The standard InChI is InChI=1S/C23H32O3/c24-22(25)16-15-19-12-6-14-21(23(19)26)20-13-5-11-18(20)10-4-9-17-7-2-1-3-8-17/h4,6,10,12,14,17-18,20,26H,1-3,5,7-9,11,13,15-16H2,(H,24,25)/b10-4+/t18?,20-/m0/s1. The number of aryl methyl sites for hydroxylation is 1. The van der Waals surface area contributed by atoms with E-state index < -0.39 is 5.97 Å². The van der Waals surface area contributed by atoms with Crippen molar-refractivity contribution in [2.45, 2.75) is 76.5 Å². The molecule has 0 heterocycles. The number of rotatable bonds is 7. The minimum Gasteiger partial charge on any atom is -0.507 e. The zero-order valence-electron chi connectivity index (χ0n) is 15.7. The molecule has 1 aromatic rings. The van der Waals surface area contributed by atoms with Gasteiger partial charge in [-0.2, -0.15) is 0 Å². The lowest BCUT2D eigenvalue weighted by Crippen LogP contribution is -2.07. The molecule has 2 saturated carbocycles. The number of allylic oxidation sites excluding steroid dienone is 2. The molecule has 0 saturated heterocycles. The summed E-state index contributed by atoms with van der Waals surface area (Å²) in [6.45, 7) is 0. The van der Waals surface area contributed by atoms with Crippen LogP contribution in [0.3, 0.4) is 0 Å². The highest BCUT2D eigenvalue weighted by atomic mass is 16.4. The first kappa shape index (κ1) is 19.0. The summed E-state index contributed by atoms with van der Waals surface area (Å²) in [4.78, 5) is 10.8. The minimum absolute atomic E-state index is 0.0619. The molecule has 2 atom stereocenters. The number of hydrogen-bond acceptors (Lipinski definition) is 2. The molecule has 0 bridgehead atoms. The summed E-state index contributed by atoms with van der Waals surface area (Å²) in [5.41, 5.74) is 1.78. The van der Waals surface area contributed by atoms with Crippen LogP contribution in [0.1, 0.15) is 81.3 Å². The molecule has 0 radical (unpaired) electrons. The van der Waals surface area contributed by atoms with E-state index >= 15 is 0 Å². The molecule has 1 unspecified atom stereocenters. The number of carboxylic acids is 1. The van der Waals surface area contributed by atoms with Crippen LogP contribution < -0.4 is 0 Å². The molecule has 3 nitrogen and oxygen atoms in total. The first-order valence-corrected chi connectivity index (χ1v) is 10.3. The van der Waals surface area contributed by atoms with E-state index in [0.29, 0.717) is 24.0 Å². The van der Waals surface area contributed by atoms with Crippen molar-refractivity contribution in [2.75, 3.05) is 0 Å². The number of aromatic hydroxyl groups is 1. The van der Waals surface area contributed by atoms with Gasteiger partial charge in [0.25, 0.3) is 0 Å². The maximum Gasteiger partial charge on any atom is 0.303 e. The molecule has 142 valence electrons. The van der Waals surface area contributed by atoms with Crippen molar-refractivity contribution in [2.24, 2.45) is 11.8 Å². The topological polar surface area (TPSA) is 57.5 Å². The number of para-hydroxylation sites is 1. The maximum absolute atomic E-state index is 10.8. The van der Waals surface area contributed by atoms with Crippen molar-refractivity contribution in [3.05, 3.63) is 41.5 Å². The molecule has 2 aliphatic rings. The predicted molar refractivity (Wildman–Crippen MR) is 104 cm³/mol. The van der Waals surface area contributed by atoms with Crippen LogP contribution in [-0.2, 0) is 11.2 Å². The molecule has 0 aromatic heterocycles. The van der Waals surface area contributed by atoms with E-state index in [0.717, 1.165) is 23.5 Å². The van der Waals surface area contributed by atoms with Gasteiger partial charge in [-0.25, -0.2) is 0 Å². The monoisotopic (exact) mass is 356 g/mol. The second-order valence-electron chi connectivity index (χ2n) is 8.12. The summed E-state index contributed by atoms with van der Waals surface area (Å²) < 4.78 is 0. The molecular weight excluding hydrogens is 324 g/mol. The van der Waals surface area contributed by atoms with E-state index in [1.165, 1.54) is 51.4 Å². The smallest absolute Gasteiger partial charge is 0.303 e. The molecule has 2 fully saturated rings. The zero-order chi connectivity index (χ0) is 18.4. The van der Waals surface area contributed by atoms with Crippen LogP contribution in [0.2, 0.25) is 0 Å². The Morgan fingerprint density at radius 3 is 2.65 bits per heavy atom. The highest BCUT2D eigenvalue weighted by Crippen LogP contribution is 2.44. The van der Waals surface area contributed by atoms with Crippen molar-refractivity contribution in [3.8, 4) is 5.75 Å². The molecule has 26 heavy (non-hydrogen) atoms. The molecule has 1 aromatic carbocycles. The lowest BCUT2D eigenvalue weighted by atomic mass is 9.84. The third kappa shape index (κ3) is 4.90. The maximum atomic E-state index is 10.8. The Bertz CT molecular complexity index is 628. The summed E-state index contributed by atoms with van der Waals surface area (Å²) in [6.07, 6.45) is 16.9. The highest BCUT2D eigenvalue weighted by molar-refractivity contribution is 5.67. The van der Waals surface area contributed by atoms with Gasteiger partial charge in [0.2, 0.25) is 0 Å². The van der Waals surface area contributed by atoms with Gasteiger partial charge in [0, 0.05) is 6.42 Å². The van der Waals surface area contributed by atoms with Crippen molar-refractivity contribution < 1.29 is 15.0 Å². The Balaban J connectivity index is 1.65. The van der Waals surface area contributed by atoms with Gasteiger partial charge < -0.3 is 10.2 Å². The average Bonchev–Trinajstić information content (AvgIpc) is 3.10. The van der Waals surface area contributed by atoms with Crippen LogP contribution >= 0.6 is 0 Å². The second-order valence-corrected chi connectivity index (χ2v) is 8.12. The first-order valence-electron chi connectivity index (χ1n) is 10.3. The molecule has 0 spiro atoms. The van der Waals surface area contributed by atoms with Crippen LogP contribution in [-0.4, -0.2) is 16.2 Å². The average molecular weight is 357 g/mol. The number of benzene rings is 1. The van der Waals surface area contributed by atoms with Gasteiger partial charge in [-0.1, -0.05) is 68.9 Å². The molecular formula is C23H32O3. The number of phenolic OH excluding ortho intramolecular Hbond substituents is 1. The lowest BCUT2D eigenvalue weighted by molar-refractivity contribution is -0.136. The van der Waals surface area contributed by atoms with Crippen LogP contribution in [0.15, 0.2) is 30.4 Å². The fraction of sp³-hybridized carbons (Fsp3) is 0.609. The number of phenols is 1. The van der Waals surface area contributed by atoms with Gasteiger partial charge >= 0.3 is 5.97 Å². The molecule has 0 amide bonds. The van der Waals surface area contributed by atoms with Crippen molar-refractivity contribution >= 4 is 5.97 Å². The zero-order valence-corrected chi connectivity index (χ0v) is 15.7. The van der Waals surface area contributed by atoms with E-state index in [2.05, 4.69) is 12.2 Å². The molecule has 0 aliphatic heterocycles. The van der Waals surface area contributed by atoms with Gasteiger partial charge in [-0.05, 0) is 54.6 Å². The van der Waals surface area contributed by atoms with Crippen molar-refractivity contribution in [1.29, 1.82) is 0 Å². The Morgan fingerprint density at radius 1 is 1.08 bits per heavy atom. The Morgan fingerprint density at radius 2 is 1.88 bits per heavy atom. The molecule has 3 heteroatoms. The molecule has 2 N–H and O–H groups in total. The predicted octanol–water partition coefficient (Wildman–Crippen LogP) is 5.82. The molecule has 3 rings (SSSR count). The normalized spacial score (nSPS) is 24.3. The lowest BCUT2D eigenvalue weighted by Gasteiger charge is -2.21. The SMILES string of the molecule is O=C(O)CCc1cccc([C@H]2CCCC2/C=C/CC2CCCCC2)c1O. The fourth-order valence-corrected chi connectivity index (χ4v) is 4.83. The third-order valence-corrected chi connectivity index (χ3v) is 6.31. The van der Waals surface area contributed by atoms with Gasteiger partial charge in [0.1, 0.15) is 5.75 Å². The fourth-order valence-electron chi connectivity index (χ4n) is 4.83. The summed E-state index contributed by atoms with van der Waals surface area (Å²) in [7, 11) is 0. The van der Waals surface area contributed by atoms with Gasteiger partial charge in [0.15, 0.2) is 0 Å². The number of carbonyl (C=O) groups is 1. The van der Waals surface area contributed by atoms with E-state index in [1.807, 2.05) is 18.2 Å². The van der Waals surface area contributed by atoms with Crippen LogP contribution in [0.25, 0.3) is 0 Å². The van der Waals surface area contributed by atoms with Crippen LogP contribution in [0.4, 0.5) is 0 Å². The first-order chi connectivity index (χ1) is 12.6. The van der Waals surface area contributed by atoms with Crippen molar-refractivity contribution in [1.82, 2.24) is 0 Å². The van der Waals surface area contributed by atoms with Gasteiger partial charge in [0.05, 0.1) is 0 Å². The Kier molecular flexibility index (Phi) is 6.76. The summed E-state index contributed by atoms with van der Waals surface area (Å²) in [5.74, 6) is 1.24.